The molecule has 0 aliphatic heterocycles. The predicted octanol–water partition coefficient (Wildman–Crippen LogP) is 2.46. The van der Waals surface area contributed by atoms with Crippen molar-refractivity contribution in [3.8, 4) is 12.1 Å². The SMILES string of the molecule is C[Si](C)(CC#N)O[Si](C)(C)CC#N. The van der Waals surface area contributed by atoms with E-state index in [-0.39, 0.29) is 0 Å². The zero-order chi connectivity index (χ0) is 10.5. The molecule has 0 atom stereocenters. The standard InChI is InChI=1S/C8H16N2OSi2/c1-12(2,7-5-9)11-13(3,4)8-6-10/h7-8H2,1-4H3. The van der Waals surface area contributed by atoms with Crippen molar-refractivity contribution in [3.05, 3.63) is 0 Å². The minimum atomic E-state index is -1.83. The summed E-state index contributed by atoms with van der Waals surface area (Å²) in [6.07, 6.45) is 0. The van der Waals surface area contributed by atoms with Crippen LogP contribution in [0.3, 0.4) is 0 Å². The molecule has 0 spiro atoms. The van der Waals surface area contributed by atoms with E-state index in [0.29, 0.717) is 12.1 Å². The smallest absolute Gasteiger partial charge is 0.187 e. The average molecular weight is 212 g/mol. The lowest BCUT2D eigenvalue weighted by Gasteiger charge is -2.30. The second kappa shape index (κ2) is 4.57. The Morgan fingerprint density at radius 1 is 0.923 bits per heavy atom. The Hall–Kier alpha value is -0.626. The van der Waals surface area contributed by atoms with Crippen LogP contribution in [0, 0.1) is 22.7 Å². The van der Waals surface area contributed by atoms with Crippen LogP contribution < -0.4 is 0 Å². The third-order valence-electron chi connectivity index (χ3n) is 1.56. The van der Waals surface area contributed by atoms with E-state index < -0.39 is 16.6 Å². The van der Waals surface area contributed by atoms with E-state index in [9.17, 15) is 0 Å². The molecule has 0 radical (unpaired) electrons. The van der Waals surface area contributed by atoms with E-state index in [0.717, 1.165) is 0 Å². The first-order valence-corrected chi connectivity index (χ1v) is 10.5. The zero-order valence-corrected chi connectivity index (χ0v) is 10.7. The van der Waals surface area contributed by atoms with E-state index in [2.05, 4.69) is 12.1 Å². The van der Waals surface area contributed by atoms with Gasteiger partial charge in [-0.25, -0.2) is 0 Å². The van der Waals surface area contributed by atoms with Gasteiger partial charge in [0, 0.05) is 0 Å². The fourth-order valence-electron chi connectivity index (χ4n) is 1.20. The maximum Gasteiger partial charge on any atom is 0.187 e. The summed E-state index contributed by atoms with van der Waals surface area (Å²) >= 11 is 0. The Balaban J connectivity index is 4.27. The summed E-state index contributed by atoms with van der Waals surface area (Å²) in [6.45, 7) is 8.12. The second-order valence-electron chi connectivity index (χ2n) is 4.29. The third kappa shape index (κ3) is 5.59. The predicted molar refractivity (Wildman–Crippen MR) is 56.9 cm³/mol. The fourth-order valence-corrected chi connectivity index (χ4v) is 8.52. The van der Waals surface area contributed by atoms with Crippen molar-refractivity contribution in [3.63, 3.8) is 0 Å². The molecule has 0 aliphatic rings. The summed E-state index contributed by atoms with van der Waals surface area (Å²) in [5.74, 6) is 0. The molecule has 0 aliphatic carbocycles. The molecule has 0 N–H and O–H groups in total. The molecule has 0 heterocycles. The van der Waals surface area contributed by atoms with Crippen molar-refractivity contribution >= 4 is 16.6 Å². The molecule has 0 aromatic rings. The first kappa shape index (κ1) is 12.4. The minimum Gasteiger partial charge on any atom is -0.454 e. The van der Waals surface area contributed by atoms with Crippen LogP contribution in [0.15, 0.2) is 0 Å². The summed E-state index contributed by atoms with van der Waals surface area (Å²) in [6, 6.07) is 5.31. The summed E-state index contributed by atoms with van der Waals surface area (Å²) in [5.41, 5.74) is 0. The van der Waals surface area contributed by atoms with Gasteiger partial charge in [-0.15, -0.1) is 0 Å². The Kier molecular flexibility index (Phi) is 4.35. The van der Waals surface area contributed by atoms with Gasteiger partial charge in [0.05, 0.1) is 24.2 Å². The molecule has 0 rings (SSSR count). The van der Waals surface area contributed by atoms with Gasteiger partial charge in [0.1, 0.15) is 0 Å². The maximum absolute atomic E-state index is 8.58. The quantitative estimate of drug-likeness (QED) is 0.673. The number of nitrogens with zero attached hydrogens (tertiary/aromatic N) is 2. The molecule has 0 bridgehead atoms. The molecule has 0 aromatic heterocycles. The molecular formula is C8H16N2OSi2. The Labute approximate surface area is 82.2 Å². The van der Waals surface area contributed by atoms with Crippen molar-refractivity contribution in [2.75, 3.05) is 0 Å². The average Bonchev–Trinajstić information content (AvgIpc) is 1.82. The highest BCUT2D eigenvalue weighted by Crippen LogP contribution is 2.20. The molecule has 0 saturated heterocycles. The van der Waals surface area contributed by atoms with E-state index in [4.69, 9.17) is 14.6 Å². The number of hydrogen-bond acceptors (Lipinski definition) is 3. The van der Waals surface area contributed by atoms with Gasteiger partial charge in [0.2, 0.25) is 0 Å². The normalized spacial score (nSPS) is 11.8. The Morgan fingerprint density at radius 2 is 1.23 bits per heavy atom. The molecular weight excluding hydrogens is 196 g/mol. The molecule has 72 valence electrons. The van der Waals surface area contributed by atoms with Gasteiger partial charge in [-0.2, -0.15) is 10.5 Å². The molecule has 0 saturated carbocycles. The van der Waals surface area contributed by atoms with Crippen LogP contribution in [0.2, 0.25) is 38.3 Å². The molecule has 3 nitrogen and oxygen atoms in total. The van der Waals surface area contributed by atoms with Crippen LogP contribution in [0.25, 0.3) is 0 Å². The summed E-state index contributed by atoms with van der Waals surface area (Å²) in [4.78, 5) is 0. The fraction of sp³-hybridized carbons (Fsp3) is 0.750. The summed E-state index contributed by atoms with van der Waals surface area (Å²) in [7, 11) is -3.65. The Bertz CT molecular complexity index is 224. The maximum atomic E-state index is 8.58. The van der Waals surface area contributed by atoms with Crippen molar-refractivity contribution in [2.24, 2.45) is 0 Å². The molecule has 0 amide bonds. The number of rotatable bonds is 4. The monoisotopic (exact) mass is 212 g/mol. The molecule has 5 heteroatoms. The second-order valence-corrected chi connectivity index (χ2v) is 12.9. The van der Waals surface area contributed by atoms with Gasteiger partial charge in [0.25, 0.3) is 0 Å². The zero-order valence-electron chi connectivity index (χ0n) is 8.72. The van der Waals surface area contributed by atoms with Crippen molar-refractivity contribution in [1.29, 1.82) is 10.5 Å². The minimum absolute atomic E-state index is 0.509. The first-order valence-electron chi connectivity index (χ1n) is 4.27. The van der Waals surface area contributed by atoms with Crippen molar-refractivity contribution in [2.45, 2.75) is 38.3 Å². The largest absolute Gasteiger partial charge is 0.454 e. The highest BCUT2D eigenvalue weighted by Gasteiger charge is 2.32. The van der Waals surface area contributed by atoms with E-state index in [1.165, 1.54) is 0 Å². The molecule has 0 aromatic carbocycles. The van der Waals surface area contributed by atoms with Gasteiger partial charge in [0.15, 0.2) is 16.6 Å². The van der Waals surface area contributed by atoms with Crippen LogP contribution in [0.1, 0.15) is 0 Å². The highest BCUT2D eigenvalue weighted by atomic mass is 28.4. The van der Waals surface area contributed by atoms with E-state index >= 15 is 0 Å². The Morgan fingerprint density at radius 3 is 1.46 bits per heavy atom. The number of hydrogen-bond donors (Lipinski definition) is 0. The van der Waals surface area contributed by atoms with Gasteiger partial charge < -0.3 is 4.12 Å². The lowest BCUT2D eigenvalue weighted by atomic mass is 10.9. The van der Waals surface area contributed by atoms with Crippen molar-refractivity contribution in [1.82, 2.24) is 0 Å². The first-order chi connectivity index (χ1) is 5.83. The van der Waals surface area contributed by atoms with Crippen LogP contribution >= 0.6 is 0 Å². The van der Waals surface area contributed by atoms with Gasteiger partial charge >= 0.3 is 0 Å². The van der Waals surface area contributed by atoms with E-state index in [1.807, 2.05) is 26.2 Å². The lowest BCUT2D eigenvalue weighted by Crippen LogP contribution is -2.43. The number of nitriles is 2. The summed E-state index contributed by atoms with van der Waals surface area (Å²) in [5, 5.41) is 17.2. The van der Waals surface area contributed by atoms with Crippen LogP contribution in [0.5, 0.6) is 0 Å². The lowest BCUT2D eigenvalue weighted by molar-refractivity contribution is 0.549. The highest BCUT2D eigenvalue weighted by molar-refractivity contribution is 6.85. The van der Waals surface area contributed by atoms with E-state index in [1.54, 1.807) is 0 Å². The molecule has 13 heavy (non-hydrogen) atoms. The van der Waals surface area contributed by atoms with Crippen LogP contribution in [-0.4, -0.2) is 16.6 Å². The topological polar surface area (TPSA) is 56.8 Å². The third-order valence-corrected chi connectivity index (χ3v) is 8.00. The van der Waals surface area contributed by atoms with Crippen molar-refractivity contribution < 1.29 is 4.12 Å². The van der Waals surface area contributed by atoms with Crippen LogP contribution in [0.4, 0.5) is 0 Å². The van der Waals surface area contributed by atoms with Gasteiger partial charge in [-0.05, 0) is 26.2 Å². The van der Waals surface area contributed by atoms with Gasteiger partial charge in [-0.1, -0.05) is 0 Å². The summed E-state index contributed by atoms with van der Waals surface area (Å²) < 4.78 is 5.94. The molecule has 0 fully saturated rings. The van der Waals surface area contributed by atoms with Gasteiger partial charge in [-0.3, -0.25) is 0 Å². The van der Waals surface area contributed by atoms with Crippen LogP contribution in [-0.2, 0) is 4.12 Å². The molecule has 0 unspecified atom stereocenters.